The molecule has 0 radical (unpaired) electrons. The summed E-state index contributed by atoms with van der Waals surface area (Å²) in [4.78, 5) is 7.63. The summed E-state index contributed by atoms with van der Waals surface area (Å²) in [6.45, 7) is 0.860. The quantitative estimate of drug-likeness (QED) is 0.569. The van der Waals surface area contributed by atoms with Crippen LogP contribution in [0.3, 0.4) is 0 Å². The van der Waals surface area contributed by atoms with Gasteiger partial charge in [-0.15, -0.1) is 0 Å². The minimum atomic E-state index is -1.73. The number of fused-ring (bicyclic) bond motifs is 1. The summed E-state index contributed by atoms with van der Waals surface area (Å²) >= 11 is 0. The first-order chi connectivity index (χ1) is 9.87. The van der Waals surface area contributed by atoms with Gasteiger partial charge in [0.05, 0.1) is 19.1 Å². The molecule has 0 aliphatic carbocycles. The zero-order valence-corrected chi connectivity index (χ0v) is 11.1. The third kappa shape index (κ3) is 1.89. The van der Waals surface area contributed by atoms with E-state index < -0.39 is 36.5 Å². The van der Waals surface area contributed by atoms with Crippen molar-refractivity contribution in [1.29, 1.82) is 0 Å². The Morgan fingerprint density at radius 3 is 2.86 bits per heavy atom. The summed E-state index contributed by atoms with van der Waals surface area (Å²) in [5.74, 6) is -0.639. The fourth-order valence-electron chi connectivity index (χ4n) is 2.60. The second-order valence-electron chi connectivity index (χ2n) is 5.22. The number of hydrogen-bond donors (Lipinski definition) is 4. The summed E-state index contributed by atoms with van der Waals surface area (Å²) in [6, 6.07) is 0. The largest absolute Gasteiger partial charge is 0.394 e. The Labute approximate surface area is 118 Å². The smallest absolute Gasteiger partial charge is 0.167 e. The van der Waals surface area contributed by atoms with Gasteiger partial charge in [-0.25, -0.2) is 14.4 Å². The Morgan fingerprint density at radius 1 is 1.52 bits per heavy atom. The number of ether oxygens (including phenoxy) is 1. The Kier molecular flexibility index (Phi) is 3.10. The SMILES string of the molecule is C[C@@]1(O)C(O)C(CO)OC1n1cnc2c(N)ncc(F)c21. The number of aliphatic hydroxyl groups is 3. The van der Waals surface area contributed by atoms with E-state index in [-0.39, 0.29) is 16.9 Å². The van der Waals surface area contributed by atoms with Gasteiger partial charge in [0.25, 0.3) is 0 Å². The maximum absolute atomic E-state index is 14.0. The molecule has 3 unspecified atom stereocenters. The topological polar surface area (TPSA) is 127 Å². The third-order valence-corrected chi connectivity index (χ3v) is 3.77. The fraction of sp³-hybridized carbons (Fsp3) is 0.500. The van der Waals surface area contributed by atoms with Gasteiger partial charge < -0.3 is 25.8 Å². The second-order valence-corrected chi connectivity index (χ2v) is 5.22. The highest BCUT2D eigenvalue weighted by Gasteiger charge is 2.53. The summed E-state index contributed by atoms with van der Waals surface area (Å²) in [5.41, 5.74) is 4.06. The molecule has 3 heterocycles. The summed E-state index contributed by atoms with van der Waals surface area (Å²) in [5, 5.41) is 29.6. The van der Waals surface area contributed by atoms with Crippen molar-refractivity contribution in [3.8, 4) is 0 Å². The Hall–Kier alpha value is -1.81. The number of hydrogen-bond acceptors (Lipinski definition) is 7. The molecule has 1 fully saturated rings. The van der Waals surface area contributed by atoms with Crippen LogP contribution in [0, 0.1) is 5.82 Å². The molecule has 8 nitrogen and oxygen atoms in total. The van der Waals surface area contributed by atoms with E-state index in [2.05, 4.69) is 9.97 Å². The van der Waals surface area contributed by atoms with E-state index in [1.54, 1.807) is 0 Å². The fourth-order valence-corrected chi connectivity index (χ4v) is 2.60. The lowest BCUT2D eigenvalue weighted by molar-refractivity contribution is -0.0950. The maximum atomic E-state index is 14.0. The lowest BCUT2D eigenvalue weighted by Crippen LogP contribution is -2.44. The molecule has 21 heavy (non-hydrogen) atoms. The van der Waals surface area contributed by atoms with Crippen molar-refractivity contribution in [2.24, 2.45) is 0 Å². The van der Waals surface area contributed by atoms with Crippen molar-refractivity contribution in [2.75, 3.05) is 12.3 Å². The first-order valence-corrected chi connectivity index (χ1v) is 6.31. The van der Waals surface area contributed by atoms with Crippen LogP contribution in [0.4, 0.5) is 10.2 Å². The number of nitrogens with two attached hydrogens (primary N) is 1. The summed E-state index contributed by atoms with van der Waals surface area (Å²) < 4.78 is 20.7. The lowest BCUT2D eigenvalue weighted by Gasteiger charge is -2.27. The van der Waals surface area contributed by atoms with Gasteiger partial charge in [0, 0.05) is 0 Å². The van der Waals surface area contributed by atoms with Gasteiger partial charge in [0.2, 0.25) is 0 Å². The van der Waals surface area contributed by atoms with Gasteiger partial charge in [0.1, 0.15) is 28.8 Å². The summed E-state index contributed by atoms with van der Waals surface area (Å²) in [7, 11) is 0. The molecule has 2 aromatic rings. The van der Waals surface area contributed by atoms with Gasteiger partial charge in [-0.3, -0.25) is 4.57 Å². The van der Waals surface area contributed by atoms with Crippen molar-refractivity contribution >= 4 is 16.9 Å². The average molecular weight is 298 g/mol. The highest BCUT2D eigenvalue weighted by Crippen LogP contribution is 2.40. The highest BCUT2D eigenvalue weighted by atomic mass is 19.1. The molecule has 2 aromatic heterocycles. The van der Waals surface area contributed by atoms with Gasteiger partial charge in [-0.1, -0.05) is 0 Å². The predicted molar refractivity (Wildman–Crippen MR) is 69.5 cm³/mol. The predicted octanol–water partition coefficient (Wildman–Crippen LogP) is -0.846. The van der Waals surface area contributed by atoms with Crippen LogP contribution in [0.2, 0.25) is 0 Å². The first kappa shape index (κ1) is 14.1. The number of halogens is 1. The van der Waals surface area contributed by atoms with Crippen molar-refractivity contribution < 1.29 is 24.4 Å². The van der Waals surface area contributed by atoms with E-state index in [4.69, 9.17) is 10.5 Å². The number of nitrogens with zero attached hydrogens (tertiary/aromatic N) is 3. The molecular formula is C12H15FN4O4. The zero-order chi connectivity index (χ0) is 15.4. The molecule has 0 amide bonds. The van der Waals surface area contributed by atoms with Gasteiger partial charge in [0.15, 0.2) is 17.9 Å². The van der Waals surface area contributed by atoms with Gasteiger partial charge in [-0.2, -0.15) is 0 Å². The maximum Gasteiger partial charge on any atom is 0.167 e. The molecule has 114 valence electrons. The van der Waals surface area contributed by atoms with Crippen LogP contribution in [-0.2, 0) is 4.74 Å². The number of rotatable bonds is 2. The lowest BCUT2D eigenvalue weighted by atomic mass is 9.96. The molecule has 4 atom stereocenters. The molecule has 0 bridgehead atoms. The number of nitrogen functional groups attached to an aromatic ring is 1. The second kappa shape index (κ2) is 4.60. The van der Waals surface area contributed by atoms with E-state index in [0.717, 1.165) is 6.20 Å². The van der Waals surface area contributed by atoms with Crippen LogP contribution in [0.5, 0.6) is 0 Å². The molecule has 9 heteroatoms. The van der Waals surface area contributed by atoms with Crippen molar-refractivity contribution in [3.63, 3.8) is 0 Å². The molecule has 3 rings (SSSR count). The van der Waals surface area contributed by atoms with E-state index in [1.807, 2.05) is 0 Å². The van der Waals surface area contributed by atoms with Crippen LogP contribution in [0.15, 0.2) is 12.5 Å². The number of imidazole rings is 1. The van der Waals surface area contributed by atoms with Crippen LogP contribution < -0.4 is 5.73 Å². The first-order valence-electron chi connectivity index (χ1n) is 6.31. The molecule has 0 aromatic carbocycles. The number of aromatic nitrogens is 3. The number of pyridine rings is 1. The minimum Gasteiger partial charge on any atom is -0.394 e. The summed E-state index contributed by atoms with van der Waals surface area (Å²) in [6.07, 6.45) is -1.24. The standard InChI is InChI=1S/C12H15FN4O4/c1-12(20)9(19)6(3-18)21-11(12)17-4-16-7-8(17)5(13)2-15-10(7)14/h2,4,6,9,11,18-20H,3H2,1H3,(H2,14,15)/t6?,9?,11?,12-/m1/s1. The van der Waals surface area contributed by atoms with E-state index >= 15 is 0 Å². The monoisotopic (exact) mass is 298 g/mol. The van der Waals surface area contributed by atoms with Crippen molar-refractivity contribution in [1.82, 2.24) is 14.5 Å². The van der Waals surface area contributed by atoms with E-state index in [1.165, 1.54) is 17.8 Å². The van der Waals surface area contributed by atoms with Gasteiger partial charge >= 0.3 is 0 Å². The highest BCUT2D eigenvalue weighted by molar-refractivity contribution is 5.85. The minimum absolute atomic E-state index is 0.0126. The molecule has 1 saturated heterocycles. The van der Waals surface area contributed by atoms with Crippen LogP contribution in [0.1, 0.15) is 13.2 Å². The molecular weight excluding hydrogens is 283 g/mol. The molecule has 1 aliphatic rings. The Balaban J connectivity index is 2.15. The number of aliphatic hydroxyl groups excluding tert-OH is 2. The molecule has 5 N–H and O–H groups in total. The Bertz CT molecular complexity index is 689. The third-order valence-electron chi connectivity index (χ3n) is 3.77. The normalized spacial score (nSPS) is 32.9. The average Bonchev–Trinajstić information content (AvgIpc) is 2.97. The van der Waals surface area contributed by atoms with Crippen LogP contribution in [0.25, 0.3) is 11.0 Å². The van der Waals surface area contributed by atoms with E-state index in [0.29, 0.717) is 0 Å². The van der Waals surface area contributed by atoms with E-state index in [9.17, 15) is 19.7 Å². The molecule has 0 spiro atoms. The van der Waals surface area contributed by atoms with Crippen molar-refractivity contribution in [2.45, 2.75) is 31.0 Å². The zero-order valence-electron chi connectivity index (χ0n) is 11.1. The Morgan fingerprint density at radius 2 is 2.24 bits per heavy atom. The number of anilines is 1. The van der Waals surface area contributed by atoms with Crippen molar-refractivity contribution in [3.05, 3.63) is 18.3 Å². The molecule has 1 aliphatic heterocycles. The van der Waals surface area contributed by atoms with Gasteiger partial charge in [-0.05, 0) is 6.92 Å². The van der Waals surface area contributed by atoms with Crippen LogP contribution >= 0.6 is 0 Å². The molecule has 0 saturated carbocycles. The van der Waals surface area contributed by atoms with Crippen LogP contribution in [-0.4, -0.2) is 54.3 Å².